The summed E-state index contributed by atoms with van der Waals surface area (Å²) in [5.74, 6) is 0. The first-order chi connectivity index (χ1) is 11.1. The SMILES string of the molecule is C[P+](c1ccccc1)(c1ccccc1)c1ccccc1C(F)F.[Br-]. The highest BCUT2D eigenvalue weighted by Gasteiger charge is 2.42. The number of alkyl halides is 2. The molecule has 24 heavy (non-hydrogen) atoms. The van der Waals surface area contributed by atoms with Crippen molar-refractivity contribution in [1.29, 1.82) is 0 Å². The second kappa shape index (κ2) is 8.00. The van der Waals surface area contributed by atoms with Gasteiger partial charge in [-0.25, -0.2) is 8.78 Å². The van der Waals surface area contributed by atoms with Gasteiger partial charge in [0.05, 0.1) is 12.2 Å². The van der Waals surface area contributed by atoms with Crippen LogP contribution in [-0.2, 0) is 0 Å². The second-order valence-corrected chi connectivity index (χ2v) is 9.06. The minimum absolute atomic E-state index is 0. The summed E-state index contributed by atoms with van der Waals surface area (Å²) in [5.41, 5.74) is 0.135. The number of halogens is 3. The Labute approximate surface area is 152 Å². The van der Waals surface area contributed by atoms with E-state index in [0.717, 1.165) is 15.9 Å². The highest BCUT2D eigenvalue weighted by Crippen LogP contribution is 2.52. The van der Waals surface area contributed by atoms with Gasteiger partial charge >= 0.3 is 0 Å². The Morgan fingerprint density at radius 1 is 0.667 bits per heavy atom. The summed E-state index contributed by atoms with van der Waals surface area (Å²) in [4.78, 5) is 0. The van der Waals surface area contributed by atoms with Crippen molar-refractivity contribution in [1.82, 2.24) is 0 Å². The molecule has 124 valence electrons. The molecule has 0 fully saturated rings. The molecular weight excluding hydrogens is 389 g/mol. The molecule has 0 amide bonds. The fraction of sp³-hybridized carbons (Fsp3) is 0.100. The van der Waals surface area contributed by atoms with Crippen LogP contribution in [0.3, 0.4) is 0 Å². The van der Waals surface area contributed by atoms with Crippen molar-refractivity contribution in [3.8, 4) is 0 Å². The predicted molar refractivity (Wildman–Crippen MR) is 96.0 cm³/mol. The minimum Gasteiger partial charge on any atom is -1.00 e. The average Bonchev–Trinajstić information content (AvgIpc) is 2.62. The van der Waals surface area contributed by atoms with Gasteiger partial charge in [-0.05, 0) is 36.4 Å². The monoisotopic (exact) mass is 406 g/mol. The molecule has 0 aliphatic carbocycles. The van der Waals surface area contributed by atoms with Gasteiger partial charge in [-0.1, -0.05) is 48.5 Å². The van der Waals surface area contributed by atoms with Gasteiger partial charge in [0.1, 0.15) is 23.2 Å². The Morgan fingerprint density at radius 3 is 1.54 bits per heavy atom. The van der Waals surface area contributed by atoms with E-state index in [2.05, 4.69) is 6.66 Å². The molecular formula is C20H18BrF2P. The van der Waals surface area contributed by atoms with Gasteiger partial charge in [0.25, 0.3) is 6.43 Å². The topological polar surface area (TPSA) is 0 Å². The second-order valence-electron chi connectivity index (χ2n) is 5.54. The summed E-state index contributed by atoms with van der Waals surface area (Å²) in [6.07, 6.45) is -2.47. The van der Waals surface area contributed by atoms with Crippen LogP contribution >= 0.6 is 7.26 Å². The molecule has 3 rings (SSSR count). The maximum Gasteiger partial charge on any atom is 0.267 e. The third-order valence-electron chi connectivity index (χ3n) is 4.20. The van der Waals surface area contributed by atoms with Crippen molar-refractivity contribution in [3.63, 3.8) is 0 Å². The molecule has 0 saturated heterocycles. The highest BCUT2D eigenvalue weighted by atomic mass is 79.9. The summed E-state index contributed by atoms with van der Waals surface area (Å²) < 4.78 is 27.2. The molecule has 0 bridgehead atoms. The van der Waals surface area contributed by atoms with E-state index >= 15 is 0 Å². The molecule has 3 aromatic carbocycles. The maximum absolute atomic E-state index is 13.6. The lowest BCUT2D eigenvalue weighted by Crippen LogP contribution is -3.00. The van der Waals surface area contributed by atoms with E-state index in [0.29, 0.717) is 0 Å². The normalized spacial score (nSPS) is 11.2. The minimum atomic E-state index is -2.47. The molecule has 0 heterocycles. The third-order valence-corrected chi connectivity index (χ3v) is 8.23. The van der Waals surface area contributed by atoms with E-state index in [1.165, 1.54) is 0 Å². The predicted octanol–water partition coefficient (Wildman–Crippen LogP) is 1.55. The van der Waals surface area contributed by atoms with E-state index in [1.807, 2.05) is 72.8 Å². The van der Waals surface area contributed by atoms with Gasteiger partial charge in [-0.2, -0.15) is 0 Å². The standard InChI is InChI=1S/C20H18F2P.BrH/c1-23(16-10-4-2-5-11-16,17-12-6-3-7-13-17)19-15-9-8-14-18(19)20(21)22;/h2-15,20H,1H3;1H/q+1;/p-1. The van der Waals surface area contributed by atoms with Crippen LogP contribution < -0.4 is 32.9 Å². The lowest BCUT2D eigenvalue weighted by atomic mass is 10.2. The quantitative estimate of drug-likeness (QED) is 0.576. The largest absolute Gasteiger partial charge is 1.00 e. The molecule has 0 nitrogen and oxygen atoms in total. The van der Waals surface area contributed by atoms with Crippen LogP contribution in [0.5, 0.6) is 0 Å². The Morgan fingerprint density at radius 2 is 1.08 bits per heavy atom. The maximum atomic E-state index is 13.6. The molecule has 3 aromatic rings. The van der Waals surface area contributed by atoms with Crippen LogP contribution in [0.25, 0.3) is 0 Å². The fourth-order valence-electron chi connectivity index (χ4n) is 2.96. The smallest absolute Gasteiger partial charge is 0.267 e. The van der Waals surface area contributed by atoms with Crippen molar-refractivity contribution in [2.75, 3.05) is 6.66 Å². The summed E-state index contributed by atoms with van der Waals surface area (Å²) in [6, 6.07) is 26.9. The summed E-state index contributed by atoms with van der Waals surface area (Å²) in [5, 5.41) is 2.98. The number of rotatable bonds is 4. The van der Waals surface area contributed by atoms with Gasteiger partial charge in [0, 0.05) is 0 Å². The van der Waals surface area contributed by atoms with Crippen molar-refractivity contribution in [3.05, 3.63) is 90.5 Å². The van der Waals surface area contributed by atoms with Crippen LogP contribution in [0.15, 0.2) is 84.9 Å². The van der Waals surface area contributed by atoms with Crippen molar-refractivity contribution in [2.45, 2.75) is 6.43 Å². The summed E-state index contributed by atoms with van der Waals surface area (Å²) in [6.45, 7) is 2.12. The van der Waals surface area contributed by atoms with E-state index in [4.69, 9.17) is 0 Å². The van der Waals surface area contributed by atoms with E-state index in [1.54, 1.807) is 12.1 Å². The van der Waals surface area contributed by atoms with Gasteiger partial charge in [0.15, 0.2) is 0 Å². The zero-order chi connectivity index (χ0) is 16.3. The lowest BCUT2D eigenvalue weighted by Gasteiger charge is -2.25. The Hall–Kier alpha value is -1.57. The zero-order valence-corrected chi connectivity index (χ0v) is 15.7. The summed E-state index contributed by atoms with van der Waals surface area (Å²) in [7, 11) is -2.10. The van der Waals surface area contributed by atoms with Crippen molar-refractivity contribution < 1.29 is 25.8 Å². The molecule has 0 aromatic heterocycles. The molecule has 0 atom stereocenters. The summed E-state index contributed by atoms with van der Waals surface area (Å²) >= 11 is 0. The first kappa shape index (κ1) is 18.8. The number of benzene rings is 3. The Kier molecular flexibility index (Phi) is 6.26. The molecule has 0 N–H and O–H groups in total. The first-order valence-corrected chi connectivity index (χ1v) is 9.73. The lowest BCUT2D eigenvalue weighted by molar-refractivity contribution is -0.00000787. The van der Waals surface area contributed by atoms with Crippen LogP contribution in [-0.4, -0.2) is 6.66 Å². The number of hydrogen-bond acceptors (Lipinski definition) is 0. The van der Waals surface area contributed by atoms with Gasteiger partial charge < -0.3 is 17.0 Å². The van der Waals surface area contributed by atoms with Crippen molar-refractivity contribution >= 4 is 23.2 Å². The third kappa shape index (κ3) is 3.43. The molecule has 4 heteroatoms. The van der Waals surface area contributed by atoms with Crippen LogP contribution in [0.4, 0.5) is 8.78 Å². The van der Waals surface area contributed by atoms with Gasteiger partial charge in [-0.3, -0.25) is 0 Å². The van der Waals surface area contributed by atoms with Crippen LogP contribution in [0.1, 0.15) is 12.0 Å². The van der Waals surface area contributed by atoms with E-state index in [9.17, 15) is 8.78 Å². The Bertz CT molecular complexity index is 736. The molecule has 0 saturated carbocycles. The van der Waals surface area contributed by atoms with Crippen molar-refractivity contribution in [2.24, 2.45) is 0 Å². The first-order valence-electron chi connectivity index (χ1n) is 7.49. The van der Waals surface area contributed by atoms with Gasteiger partial charge in [0.2, 0.25) is 0 Å². The van der Waals surface area contributed by atoms with Crippen LogP contribution in [0.2, 0.25) is 0 Å². The fourth-order valence-corrected chi connectivity index (χ4v) is 6.42. The molecule has 0 unspecified atom stereocenters. The molecule has 0 radical (unpaired) electrons. The Balaban J connectivity index is 0.00000208. The van der Waals surface area contributed by atoms with Crippen LogP contribution in [0, 0.1) is 0 Å². The van der Waals surface area contributed by atoms with E-state index < -0.39 is 13.7 Å². The highest BCUT2D eigenvalue weighted by molar-refractivity contribution is 7.95. The van der Waals surface area contributed by atoms with E-state index in [-0.39, 0.29) is 22.5 Å². The number of hydrogen-bond donors (Lipinski definition) is 0. The molecule has 0 aliphatic rings. The average molecular weight is 407 g/mol. The zero-order valence-electron chi connectivity index (χ0n) is 13.2. The van der Waals surface area contributed by atoms with Gasteiger partial charge in [-0.15, -0.1) is 0 Å². The molecule has 0 aliphatic heterocycles. The molecule has 0 spiro atoms.